The molecule has 0 aromatic carbocycles. The van der Waals surface area contributed by atoms with Crippen molar-refractivity contribution >= 4 is 13.8 Å². The fourth-order valence-electron chi connectivity index (χ4n) is 1.64. The van der Waals surface area contributed by atoms with Crippen molar-refractivity contribution in [2.75, 3.05) is 0 Å². The van der Waals surface area contributed by atoms with Gasteiger partial charge in [0, 0.05) is 23.9 Å². The van der Waals surface area contributed by atoms with Gasteiger partial charge in [-0.2, -0.15) is 0 Å². The monoisotopic (exact) mass is 332 g/mol. The van der Waals surface area contributed by atoms with E-state index in [2.05, 4.69) is 14.8 Å². The molecule has 10 heteroatoms. The van der Waals surface area contributed by atoms with Gasteiger partial charge in [-0.25, -0.2) is 9.36 Å². The number of carboxylic acids is 1. The van der Waals surface area contributed by atoms with Crippen LogP contribution in [0, 0.1) is 6.92 Å². The maximum Gasteiger partial charge on any atom is 0.469 e. The van der Waals surface area contributed by atoms with Crippen LogP contribution in [0.1, 0.15) is 23.7 Å². The molecule has 0 amide bonds. The zero-order valence-corrected chi connectivity index (χ0v) is 12.9. The number of carbonyl (C=O) groups is 1. The molecule has 0 spiro atoms. The van der Waals surface area contributed by atoms with Crippen LogP contribution >= 0.6 is 7.82 Å². The van der Waals surface area contributed by atoms with Crippen LogP contribution in [-0.2, 0) is 27.0 Å². The lowest BCUT2D eigenvalue weighted by Crippen LogP contribution is -2.20. The number of allylic oxidation sites excluding steroid dienone is 1. The van der Waals surface area contributed by atoms with E-state index in [1.165, 1.54) is 19.2 Å². The number of aliphatic carboxylic acids is 1. The highest BCUT2D eigenvalue weighted by Crippen LogP contribution is 2.38. The SMILES string of the molecule is C/C=C(/NCc1c(COP(=O)(O)O)cnc(C)c1O)C(=O)O. The normalized spacial score (nSPS) is 12.3. The summed E-state index contributed by atoms with van der Waals surface area (Å²) in [4.78, 5) is 32.2. The Morgan fingerprint density at radius 3 is 2.64 bits per heavy atom. The summed E-state index contributed by atoms with van der Waals surface area (Å²) in [7, 11) is -4.67. The van der Waals surface area contributed by atoms with Crippen molar-refractivity contribution in [2.24, 2.45) is 0 Å². The minimum Gasteiger partial charge on any atom is -0.506 e. The Morgan fingerprint density at radius 1 is 1.50 bits per heavy atom. The number of carboxylic acid groups (broad SMARTS) is 1. The van der Waals surface area contributed by atoms with E-state index >= 15 is 0 Å². The molecule has 0 aliphatic carbocycles. The molecule has 5 N–H and O–H groups in total. The minimum atomic E-state index is -4.67. The van der Waals surface area contributed by atoms with Crippen molar-refractivity contribution in [2.45, 2.75) is 27.0 Å². The van der Waals surface area contributed by atoms with Gasteiger partial charge in [-0.1, -0.05) is 6.08 Å². The molecule has 0 aliphatic heterocycles. The third kappa shape index (κ3) is 5.12. The Bertz CT molecular complexity index is 639. The topological polar surface area (TPSA) is 149 Å². The van der Waals surface area contributed by atoms with Gasteiger partial charge in [0.15, 0.2) is 0 Å². The van der Waals surface area contributed by atoms with Crippen LogP contribution in [0.15, 0.2) is 18.0 Å². The van der Waals surface area contributed by atoms with E-state index in [9.17, 15) is 14.5 Å². The number of pyridine rings is 1. The molecule has 0 fully saturated rings. The van der Waals surface area contributed by atoms with Crippen LogP contribution in [0.3, 0.4) is 0 Å². The summed E-state index contributed by atoms with van der Waals surface area (Å²) < 4.78 is 15.1. The van der Waals surface area contributed by atoms with Gasteiger partial charge in [0.25, 0.3) is 0 Å². The second-order valence-corrected chi connectivity index (χ2v) is 5.56. The minimum absolute atomic E-state index is 0.0684. The van der Waals surface area contributed by atoms with Gasteiger partial charge in [0.05, 0.1) is 12.3 Å². The van der Waals surface area contributed by atoms with E-state index in [0.29, 0.717) is 5.69 Å². The van der Waals surface area contributed by atoms with Crippen molar-refractivity contribution in [3.8, 4) is 5.75 Å². The third-order valence-electron chi connectivity index (χ3n) is 2.79. The number of phosphoric ester groups is 1. The number of aromatic hydroxyl groups is 1. The van der Waals surface area contributed by atoms with E-state index in [0.717, 1.165) is 0 Å². The van der Waals surface area contributed by atoms with Crippen LogP contribution in [0.5, 0.6) is 5.75 Å². The van der Waals surface area contributed by atoms with Gasteiger partial charge in [0.2, 0.25) is 0 Å². The molecule has 0 unspecified atom stereocenters. The van der Waals surface area contributed by atoms with Gasteiger partial charge in [-0.15, -0.1) is 0 Å². The molecule has 22 heavy (non-hydrogen) atoms. The number of nitrogens with one attached hydrogen (secondary N) is 1. The lowest BCUT2D eigenvalue weighted by molar-refractivity contribution is -0.133. The number of rotatable bonds is 7. The van der Waals surface area contributed by atoms with Gasteiger partial charge < -0.3 is 25.3 Å². The van der Waals surface area contributed by atoms with Crippen molar-refractivity contribution < 1.29 is 33.9 Å². The van der Waals surface area contributed by atoms with Crippen LogP contribution in [-0.4, -0.2) is 31.0 Å². The van der Waals surface area contributed by atoms with Crippen LogP contribution in [0.4, 0.5) is 0 Å². The van der Waals surface area contributed by atoms with Crippen LogP contribution < -0.4 is 5.32 Å². The molecule has 9 nitrogen and oxygen atoms in total. The first-order chi connectivity index (χ1) is 10.2. The van der Waals surface area contributed by atoms with E-state index in [1.54, 1.807) is 6.92 Å². The second-order valence-electron chi connectivity index (χ2n) is 4.32. The standard InChI is InChI=1S/C12H17N2O7P/c1-3-10(12(16)17)14-5-9-8(6-21-22(18,19)20)4-13-7(2)11(9)15/h3-4,14-15H,5-6H2,1-2H3,(H,16,17)(H2,18,19,20)/b10-3+. The molecule has 1 aromatic rings. The Balaban J connectivity index is 3.02. The number of phosphoric acid groups is 1. The molecule has 122 valence electrons. The molecular formula is C12H17N2O7P. The number of aryl methyl sites for hydroxylation is 1. The fraction of sp³-hybridized carbons (Fsp3) is 0.333. The predicted octanol–water partition coefficient (Wildman–Crippen LogP) is 0.783. The lowest BCUT2D eigenvalue weighted by atomic mass is 10.1. The van der Waals surface area contributed by atoms with Crippen molar-refractivity contribution in [1.29, 1.82) is 0 Å². The molecule has 0 radical (unpaired) electrons. The predicted molar refractivity (Wildman–Crippen MR) is 75.7 cm³/mol. The number of nitrogens with zero attached hydrogens (tertiary/aromatic N) is 1. The molecule has 0 saturated carbocycles. The highest BCUT2D eigenvalue weighted by atomic mass is 31.2. The Hall–Kier alpha value is -1.93. The molecule has 0 bridgehead atoms. The molecule has 1 heterocycles. The zero-order valence-electron chi connectivity index (χ0n) is 12.0. The van der Waals surface area contributed by atoms with Gasteiger partial charge in [-0.05, 0) is 13.8 Å². The maximum absolute atomic E-state index is 10.9. The Kier molecular flexibility index (Phi) is 6.07. The lowest BCUT2D eigenvalue weighted by Gasteiger charge is -2.15. The highest BCUT2D eigenvalue weighted by Gasteiger charge is 2.18. The first-order valence-corrected chi connectivity index (χ1v) is 7.68. The Labute approximate surface area is 126 Å². The first kappa shape index (κ1) is 18.1. The average Bonchev–Trinajstić information content (AvgIpc) is 2.41. The highest BCUT2D eigenvalue weighted by molar-refractivity contribution is 7.46. The number of hydrogen-bond donors (Lipinski definition) is 5. The Morgan fingerprint density at radius 2 is 2.14 bits per heavy atom. The van der Waals surface area contributed by atoms with Crippen molar-refractivity contribution in [3.05, 3.63) is 34.8 Å². The average molecular weight is 332 g/mol. The van der Waals surface area contributed by atoms with Crippen LogP contribution in [0.25, 0.3) is 0 Å². The number of hydrogen-bond acceptors (Lipinski definition) is 6. The van der Waals surface area contributed by atoms with Gasteiger partial charge >= 0.3 is 13.8 Å². The van der Waals surface area contributed by atoms with E-state index < -0.39 is 20.4 Å². The molecule has 0 saturated heterocycles. The largest absolute Gasteiger partial charge is 0.506 e. The summed E-state index contributed by atoms with van der Waals surface area (Å²) in [5, 5.41) is 21.5. The fourth-order valence-corrected chi connectivity index (χ4v) is 1.95. The van der Waals surface area contributed by atoms with E-state index in [-0.39, 0.29) is 29.1 Å². The first-order valence-electron chi connectivity index (χ1n) is 6.15. The molecular weight excluding hydrogens is 315 g/mol. The summed E-state index contributed by atoms with van der Waals surface area (Å²) in [6, 6.07) is 0. The van der Waals surface area contributed by atoms with Crippen LogP contribution in [0.2, 0.25) is 0 Å². The molecule has 0 aliphatic rings. The quantitative estimate of drug-likeness (QED) is 0.360. The molecule has 0 atom stereocenters. The third-order valence-corrected chi connectivity index (χ3v) is 3.26. The summed E-state index contributed by atoms with van der Waals surface area (Å²) in [5.41, 5.74) is 0.714. The summed E-state index contributed by atoms with van der Waals surface area (Å²) in [5.74, 6) is -1.36. The smallest absolute Gasteiger partial charge is 0.469 e. The maximum atomic E-state index is 10.9. The van der Waals surface area contributed by atoms with Gasteiger partial charge in [-0.3, -0.25) is 9.51 Å². The van der Waals surface area contributed by atoms with Crippen molar-refractivity contribution in [3.63, 3.8) is 0 Å². The second kappa shape index (κ2) is 7.37. The summed E-state index contributed by atoms with van der Waals surface area (Å²) in [6.07, 6.45) is 2.65. The molecule has 1 rings (SSSR count). The van der Waals surface area contributed by atoms with Crippen molar-refractivity contribution in [1.82, 2.24) is 10.3 Å². The van der Waals surface area contributed by atoms with E-state index in [4.69, 9.17) is 14.9 Å². The van der Waals surface area contributed by atoms with E-state index in [1.807, 2.05) is 0 Å². The van der Waals surface area contributed by atoms with Gasteiger partial charge in [0.1, 0.15) is 11.4 Å². The summed E-state index contributed by atoms with van der Waals surface area (Å²) >= 11 is 0. The number of aromatic nitrogens is 1. The summed E-state index contributed by atoms with van der Waals surface area (Å²) in [6.45, 7) is 2.54. The molecule has 1 aromatic heterocycles. The zero-order chi connectivity index (χ0) is 16.9.